The number of aromatic nitrogens is 3. The molecule has 2 heterocycles. The lowest BCUT2D eigenvalue weighted by Gasteiger charge is -2.10. The Kier molecular flexibility index (Phi) is 3.98. The molecule has 1 N–H and O–H groups in total. The molecule has 0 aliphatic heterocycles. The van der Waals surface area contributed by atoms with Crippen LogP contribution in [0, 0.1) is 26.2 Å². The lowest BCUT2D eigenvalue weighted by molar-refractivity contribution is -0.120. The fraction of sp³-hybridized carbons (Fsp3) is 0.278. The Bertz CT molecular complexity index is 933. The van der Waals surface area contributed by atoms with Crippen LogP contribution < -0.4 is 5.32 Å². The molecule has 5 nitrogen and oxygen atoms in total. The third-order valence-electron chi connectivity index (χ3n) is 4.01. The summed E-state index contributed by atoms with van der Waals surface area (Å²) in [6, 6.07) is 7.95. The van der Waals surface area contributed by atoms with E-state index in [9.17, 15) is 4.79 Å². The first-order valence-electron chi connectivity index (χ1n) is 7.55. The molecule has 0 fully saturated rings. The van der Waals surface area contributed by atoms with Crippen molar-refractivity contribution < 1.29 is 4.79 Å². The summed E-state index contributed by atoms with van der Waals surface area (Å²) < 4.78 is 1.87. The number of terminal acetylenes is 1. The van der Waals surface area contributed by atoms with Crippen molar-refractivity contribution in [1.82, 2.24) is 19.9 Å². The highest BCUT2D eigenvalue weighted by Gasteiger charge is 2.14. The van der Waals surface area contributed by atoms with E-state index in [-0.39, 0.29) is 12.5 Å². The summed E-state index contributed by atoms with van der Waals surface area (Å²) in [6.07, 6.45) is 6.15. The van der Waals surface area contributed by atoms with Gasteiger partial charge in [0.25, 0.3) is 0 Å². The van der Waals surface area contributed by atoms with Crippen LogP contribution in [0.25, 0.3) is 16.6 Å². The van der Waals surface area contributed by atoms with Crippen molar-refractivity contribution in [2.24, 2.45) is 0 Å². The molecule has 1 amide bonds. The number of carbonyl (C=O) groups excluding carboxylic acids is 1. The van der Waals surface area contributed by atoms with Gasteiger partial charge in [-0.1, -0.05) is 18.1 Å². The average Bonchev–Trinajstić information content (AvgIpc) is 2.91. The van der Waals surface area contributed by atoms with Gasteiger partial charge in [0.2, 0.25) is 5.91 Å². The number of fused-ring (bicyclic) bond motifs is 3. The van der Waals surface area contributed by atoms with Crippen molar-refractivity contribution >= 4 is 22.5 Å². The van der Waals surface area contributed by atoms with Gasteiger partial charge in [-0.3, -0.25) is 4.79 Å². The molecule has 116 valence electrons. The third-order valence-corrected chi connectivity index (χ3v) is 4.01. The first-order chi connectivity index (χ1) is 11.1. The number of hydrogen-bond acceptors (Lipinski definition) is 3. The van der Waals surface area contributed by atoms with Gasteiger partial charge in [-0.15, -0.1) is 6.42 Å². The molecular weight excluding hydrogens is 288 g/mol. The third kappa shape index (κ3) is 2.76. The standard InChI is InChI=1S/C18H18N4O/c1-4-11-19-17(23)10-9-14-12(2)20-18-15-7-5-6-8-16(15)21-22(18)13(14)3/h1,5-8H,9-11H2,2-3H3,(H,19,23). The lowest BCUT2D eigenvalue weighted by Crippen LogP contribution is -2.24. The van der Waals surface area contributed by atoms with Gasteiger partial charge in [0.05, 0.1) is 12.1 Å². The van der Waals surface area contributed by atoms with Gasteiger partial charge in [0.1, 0.15) is 0 Å². The summed E-state index contributed by atoms with van der Waals surface area (Å²) in [6.45, 7) is 4.25. The van der Waals surface area contributed by atoms with Gasteiger partial charge in [0.15, 0.2) is 5.65 Å². The molecule has 1 aromatic carbocycles. The van der Waals surface area contributed by atoms with E-state index >= 15 is 0 Å². The van der Waals surface area contributed by atoms with E-state index in [0.717, 1.165) is 33.5 Å². The molecule has 23 heavy (non-hydrogen) atoms. The Morgan fingerprint density at radius 3 is 2.91 bits per heavy atom. The van der Waals surface area contributed by atoms with Crippen LogP contribution in [0.1, 0.15) is 23.4 Å². The molecule has 0 unspecified atom stereocenters. The molecule has 5 heteroatoms. The number of nitrogens with zero attached hydrogens (tertiary/aromatic N) is 3. The maximum absolute atomic E-state index is 11.8. The van der Waals surface area contributed by atoms with E-state index in [4.69, 9.17) is 11.4 Å². The number of aryl methyl sites for hydroxylation is 2. The van der Waals surface area contributed by atoms with Crippen LogP contribution in [0.5, 0.6) is 0 Å². The summed E-state index contributed by atoms with van der Waals surface area (Å²) in [5, 5.41) is 8.34. The molecule has 2 aromatic heterocycles. The van der Waals surface area contributed by atoms with E-state index in [0.29, 0.717) is 12.8 Å². The van der Waals surface area contributed by atoms with Crippen molar-refractivity contribution in [2.45, 2.75) is 26.7 Å². The normalized spacial score (nSPS) is 10.8. The van der Waals surface area contributed by atoms with E-state index in [1.54, 1.807) is 0 Å². The highest BCUT2D eigenvalue weighted by molar-refractivity contribution is 5.92. The minimum atomic E-state index is -0.0486. The number of nitrogens with one attached hydrogen (secondary N) is 1. The number of benzene rings is 1. The number of hydrogen-bond donors (Lipinski definition) is 1. The summed E-state index contributed by atoms with van der Waals surface area (Å²) in [4.78, 5) is 16.5. The second-order valence-corrected chi connectivity index (χ2v) is 5.49. The Hall–Kier alpha value is -2.87. The molecule has 0 saturated heterocycles. The van der Waals surface area contributed by atoms with E-state index in [1.165, 1.54) is 0 Å². The van der Waals surface area contributed by atoms with Gasteiger partial charge >= 0.3 is 0 Å². The fourth-order valence-electron chi connectivity index (χ4n) is 2.81. The van der Waals surface area contributed by atoms with E-state index in [2.05, 4.69) is 16.3 Å². The zero-order chi connectivity index (χ0) is 16.4. The smallest absolute Gasteiger partial charge is 0.221 e. The van der Waals surface area contributed by atoms with Gasteiger partial charge in [-0.2, -0.15) is 5.10 Å². The Balaban J connectivity index is 1.97. The summed E-state index contributed by atoms with van der Waals surface area (Å²) in [5.41, 5.74) is 4.79. The van der Waals surface area contributed by atoms with Crippen molar-refractivity contribution in [2.75, 3.05) is 6.54 Å². The first-order valence-corrected chi connectivity index (χ1v) is 7.55. The van der Waals surface area contributed by atoms with Crippen LogP contribution in [0.4, 0.5) is 0 Å². The van der Waals surface area contributed by atoms with Crippen LogP contribution in [0.2, 0.25) is 0 Å². The zero-order valence-electron chi connectivity index (χ0n) is 13.3. The molecule has 0 bridgehead atoms. The largest absolute Gasteiger partial charge is 0.345 e. The average molecular weight is 306 g/mol. The van der Waals surface area contributed by atoms with Gasteiger partial charge in [-0.05, 0) is 38.0 Å². The predicted molar refractivity (Wildman–Crippen MR) is 90.1 cm³/mol. The summed E-state index contributed by atoms with van der Waals surface area (Å²) in [5.74, 6) is 2.35. The van der Waals surface area contributed by atoms with Crippen LogP contribution in [0.15, 0.2) is 24.3 Å². The molecule has 0 aliphatic carbocycles. The lowest BCUT2D eigenvalue weighted by atomic mass is 10.1. The Morgan fingerprint density at radius 1 is 1.35 bits per heavy atom. The second-order valence-electron chi connectivity index (χ2n) is 5.49. The maximum atomic E-state index is 11.8. The SMILES string of the molecule is C#CCNC(=O)CCc1c(C)nc2c3ccccc3nn2c1C. The molecule has 0 radical (unpaired) electrons. The molecule has 0 saturated carbocycles. The molecule has 0 aliphatic rings. The van der Waals surface area contributed by atoms with Crippen molar-refractivity contribution in [3.8, 4) is 12.3 Å². The van der Waals surface area contributed by atoms with Gasteiger partial charge in [0, 0.05) is 23.2 Å². The zero-order valence-corrected chi connectivity index (χ0v) is 13.3. The first kappa shape index (κ1) is 15.0. The van der Waals surface area contributed by atoms with Crippen LogP contribution in [-0.4, -0.2) is 27.0 Å². The van der Waals surface area contributed by atoms with Crippen LogP contribution >= 0.6 is 0 Å². The van der Waals surface area contributed by atoms with Crippen molar-refractivity contribution in [3.63, 3.8) is 0 Å². The minimum absolute atomic E-state index is 0.0486. The maximum Gasteiger partial charge on any atom is 0.221 e. The molecule has 3 aromatic rings. The Labute approximate surface area is 134 Å². The molecular formula is C18H18N4O. The van der Waals surface area contributed by atoms with Gasteiger partial charge in [-0.25, -0.2) is 9.50 Å². The van der Waals surface area contributed by atoms with E-state index in [1.807, 2.05) is 42.6 Å². The summed E-state index contributed by atoms with van der Waals surface area (Å²) in [7, 11) is 0. The highest BCUT2D eigenvalue weighted by Crippen LogP contribution is 2.22. The van der Waals surface area contributed by atoms with Crippen molar-refractivity contribution in [3.05, 3.63) is 41.2 Å². The topological polar surface area (TPSA) is 59.3 Å². The predicted octanol–water partition coefficient (Wildman–Crippen LogP) is 2.18. The molecule has 0 atom stereocenters. The van der Waals surface area contributed by atoms with Crippen LogP contribution in [-0.2, 0) is 11.2 Å². The van der Waals surface area contributed by atoms with Gasteiger partial charge < -0.3 is 5.32 Å². The molecule has 0 spiro atoms. The fourth-order valence-corrected chi connectivity index (χ4v) is 2.81. The Morgan fingerprint density at radius 2 is 2.13 bits per heavy atom. The molecule has 3 rings (SSSR count). The van der Waals surface area contributed by atoms with Crippen molar-refractivity contribution in [1.29, 1.82) is 0 Å². The monoisotopic (exact) mass is 306 g/mol. The number of amides is 1. The highest BCUT2D eigenvalue weighted by atomic mass is 16.1. The van der Waals surface area contributed by atoms with E-state index < -0.39 is 0 Å². The number of rotatable bonds is 4. The number of carbonyl (C=O) groups is 1. The summed E-state index contributed by atoms with van der Waals surface area (Å²) >= 11 is 0. The minimum Gasteiger partial charge on any atom is -0.345 e. The van der Waals surface area contributed by atoms with Crippen LogP contribution in [0.3, 0.4) is 0 Å². The second kappa shape index (κ2) is 6.09. The quantitative estimate of drug-likeness (QED) is 0.752.